The van der Waals surface area contributed by atoms with Crippen LogP contribution in [-0.2, 0) is 6.54 Å². The summed E-state index contributed by atoms with van der Waals surface area (Å²) >= 11 is 0. The third kappa shape index (κ3) is 2.42. The minimum Gasteiger partial charge on any atom is -0.478 e. The molecule has 4 nitrogen and oxygen atoms in total. The number of rotatable bonds is 3. The van der Waals surface area contributed by atoms with E-state index in [1.54, 1.807) is 18.5 Å². The highest BCUT2D eigenvalue weighted by molar-refractivity contribution is 6.00. The van der Waals surface area contributed by atoms with Crippen molar-refractivity contribution in [2.75, 3.05) is 0 Å². The molecule has 4 heteroatoms. The third-order valence-electron chi connectivity index (χ3n) is 4.47. The van der Waals surface area contributed by atoms with Gasteiger partial charge in [-0.1, -0.05) is 25.8 Å². The van der Waals surface area contributed by atoms with Crippen LogP contribution in [0.15, 0.2) is 24.5 Å². The first-order valence-corrected chi connectivity index (χ1v) is 7.32. The van der Waals surface area contributed by atoms with E-state index >= 15 is 0 Å². The standard InChI is InChI=1S/C16H20N2O2/c1-11-5-7-12(8-6-11)9-18-10-17-15-13(16(19)20)3-2-4-14(15)18/h2-4,10-12H,5-9H2,1H3,(H,19,20). The van der Waals surface area contributed by atoms with E-state index in [1.165, 1.54) is 25.7 Å². The maximum atomic E-state index is 11.2. The summed E-state index contributed by atoms with van der Waals surface area (Å²) in [6, 6.07) is 5.37. The molecular formula is C16H20N2O2. The van der Waals surface area contributed by atoms with Gasteiger partial charge in [-0.3, -0.25) is 0 Å². The Morgan fingerprint density at radius 3 is 2.80 bits per heavy atom. The van der Waals surface area contributed by atoms with Gasteiger partial charge in [-0.25, -0.2) is 9.78 Å². The summed E-state index contributed by atoms with van der Waals surface area (Å²) < 4.78 is 2.11. The molecule has 0 bridgehead atoms. The number of carbonyl (C=O) groups is 1. The molecule has 2 aromatic rings. The molecular weight excluding hydrogens is 252 g/mol. The predicted molar refractivity (Wildman–Crippen MR) is 77.8 cm³/mol. The minimum atomic E-state index is -0.910. The lowest BCUT2D eigenvalue weighted by Gasteiger charge is -2.26. The van der Waals surface area contributed by atoms with Crippen molar-refractivity contribution in [1.82, 2.24) is 9.55 Å². The molecule has 1 aliphatic rings. The van der Waals surface area contributed by atoms with E-state index in [0.717, 1.165) is 18.0 Å². The maximum Gasteiger partial charge on any atom is 0.337 e. The molecule has 0 spiro atoms. The van der Waals surface area contributed by atoms with Crippen molar-refractivity contribution in [3.05, 3.63) is 30.1 Å². The molecule has 1 aromatic carbocycles. The molecule has 1 fully saturated rings. The molecule has 3 rings (SSSR count). The van der Waals surface area contributed by atoms with Crippen LogP contribution in [0, 0.1) is 11.8 Å². The van der Waals surface area contributed by atoms with Gasteiger partial charge in [0.05, 0.1) is 17.4 Å². The Labute approximate surface area is 118 Å². The van der Waals surface area contributed by atoms with Crippen molar-refractivity contribution < 1.29 is 9.90 Å². The fourth-order valence-corrected chi connectivity index (χ4v) is 3.20. The average molecular weight is 272 g/mol. The van der Waals surface area contributed by atoms with Gasteiger partial charge < -0.3 is 9.67 Å². The Balaban J connectivity index is 1.86. The van der Waals surface area contributed by atoms with Gasteiger partial charge in [0.15, 0.2) is 0 Å². The van der Waals surface area contributed by atoms with E-state index in [1.807, 2.05) is 6.07 Å². The highest BCUT2D eigenvalue weighted by Crippen LogP contribution is 2.30. The molecule has 0 atom stereocenters. The van der Waals surface area contributed by atoms with E-state index < -0.39 is 5.97 Å². The monoisotopic (exact) mass is 272 g/mol. The molecule has 1 heterocycles. The zero-order chi connectivity index (χ0) is 14.1. The second-order valence-electron chi connectivity index (χ2n) is 6.00. The van der Waals surface area contributed by atoms with Crippen LogP contribution in [-0.4, -0.2) is 20.6 Å². The number of imidazole rings is 1. The Bertz CT molecular complexity index is 624. The molecule has 0 amide bonds. The number of carboxylic acid groups (broad SMARTS) is 1. The number of hydrogen-bond donors (Lipinski definition) is 1. The van der Waals surface area contributed by atoms with Gasteiger partial charge in [-0.15, -0.1) is 0 Å². The van der Waals surface area contributed by atoms with Gasteiger partial charge in [0.25, 0.3) is 0 Å². The molecule has 0 unspecified atom stereocenters. The van der Waals surface area contributed by atoms with E-state index in [4.69, 9.17) is 0 Å². The predicted octanol–water partition coefficient (Wildman–Crippen LogP) is 3.56. The molecule has 20 heavy (non-hydrogen) atoms. The number of fused-ring (bicyclic) bond motifs is 1. The van der Waals surface area contributed by atoms with Gasteiger partial charge in [-0.2, -0.15) is 0 Å². The Kier molecular flexibility index (Phi) is 3.47. The number of hydrogen-bond acceptors (Lipinski definition) is 2. The first kappa shape index (κ1) is 13.2. The maximum absolute atomic E-state index is 11.2. The molecule has 0 radical (unpaired) electrons. The molecule has 0 aliphatic heterocycles. The van der Waals surface area contributed by atoms with Crippen molar-refractivity contribution in [2.24, 2.45) is 11.8 Å². The summed E-state index contributed by atoms with van der Waals surface area (Å²) in [6.07, 6.45) is 6.92. The molecule has 106 valence electrons. The van der Waals surface area contributed by atoms with E-state index in [0.29, 0.717) is 17.0 Å². The molecule has 1 aliphatic carbocycles. The Morgan fingerprint density at radius 2 is 2.10 bits per heavy atom. The summed E-state index contributed by atoms with van der Waals surface area (Å²) in [5, 5.41) is 9.19. The van der Waals surface area contributed by atoms with E-state index in [-0.39, 0.29) is 0 Å². The topological polar surface area (TPSA) is 55.1 Å². The van der Waals surface area contributed by atoms with E-state index in [2.05, 4.69) is 16.5 Å². The van der Waals surface area contributed by atoms with Crippen LogP contribution in [0.1, 0.15) is 43.0 Å². The normalized spacial score (nSPS) is 23.1. The highest BCUT2D eigenvalue weighted by atomic mass is 16.4. The van der Waals surface area contributed by atoms with Crippen LogP contribution in [0.3, 0.4) is 0 Å². The van der Waals surface area contributed by atoms with Crippen LogP contribution < -0.4 is 0 Å². The second kappa shape index (κ2) is 5.27. The summed E-state index contributed by atoms with van der Waals surface area (Å²) in [6.45, 7) is 3.27. The number of aromatic carboxylic acids is 1. The van der Waals surface area contributed by atoms with Gasteiger partial charge in [0.2, 0.25) is 0 Å². The zero-order valence-electron chi connectivity index (χ0n) is 11.7. The van der Waals surface area contributed by atoms with Gasteiger partial charge in [0.1, 0.15) is 5.52 Å². The smallest absolute Gasteiger partial charge is 0.337 e. The van der Waals surface area contributed by atoms with Crippen molar-refractivity contribution >= 4 is 17.0 Å². The van der Waals surface area contributed by atoms with Crippen LogP contribution >= 0.6 is 0 Å². The zero-order valence-corrected chi connectivity index (χ0v) is 11.7. The van der Waals surface area contributed by atoms with Crippen molar-refractivity contribution in [3.8, 4) is 0 Å². The fourth-order valence-electron chi connectivity index (χ4n) is 3.20. The summed E-state index contributed by atoms with van der Waals surface area (Å²) in [5.74, 6) is 0.633. The summed E-state index contributed by atoms with van der Waals surface area (Å²) in [4.78, 5) is 15.5. The molecule has 0 saturated heterocycles. The third-order valence-corrected chi connectivity index (χ3v) is 4.47. The first-order chi connectivity index (χ1) is 9.65. The first-order valence-electron chi connectivity index (χ1n) is 7.32. The quantitative estimate of drug-likeness (QED) is 0.929. The second-order valence-corrected chi connectivity index (χ2v) is 6.00. The Hall–Kier alpha value is -1.84. The number of para-hydroxylation sites is 1. The van der Waals surface area contributed by atoms with E-state index in [9.17, 15) is 9.90 Å². The lowest BCUT2D eigenvalue weighted by Crippen LogP contribution is -2.17. The van der Waals surface area contributed by atoms with Crippen LogP contribution in [0.5, 0.6) is 0 Å². The molecule has 1 saturated carbocycles. The van der Waals surface area contributed by atoms with Crippen LogP contribution in [0.25, 0.3) is 11.0 Å². The van der Waals surface area contributed by atoms with Crippen molar-refractivity contribution in [3.63, 3.8) is 0 Å². The number of aromatic nitrogens is 2. The highest BCUT2D eigenvalue weighted by Gasteiger charge is 2.20. The van der Waals surface area contributed by atoms with Gasteiger partial charge in [0, 0.05) is 6.54 Å². The van der Waals surface area contributed by atoms with Crippen LogP contribution in [0.2, 0.25) is 0 Å². The average Bonchev–Trinajstić information content (AvgIpc) is 2.84. The van der Waals surface area contributed by atoms with Gasteiger partial charge >= 0.3 is 5.97 Å². The lowest BCUT2D eigenvalue weighted by molar-refractivity contribution is 0.0699. The number of benzene rings is 1. The van der Waals surface area contributed by atoms with Crippen LogP contribution in [0.4, 0.5) is 0 Å². The lowest BCUT2D eigenvalue weighted by atomic mass is 9.83. The fraction of sp³-hybridized carbons (Fsp3) is 0.500. The van der Waals surface area contributed by atoms with Crippen molar-refractivity contribution in [1.29, 1.82) is 0 Å². The van der Waals surface area contributed by atoms with Gasteiger partial charge in [-0.05, 0) is 36.8 Å². The number of nitrogens with zero attached hydrogens (tertiary/aromatic N) is 2. The Morgan fingerprint density at radius 1 is 1.35 bits per heavy atom. The minimum absolute atomic E-state index is 0.290. The summed E-state index contributed by atoms with van der Waals surface area (Å²) in [5.41, 5.74) is 1.83. The number of carboxylic acids is 1. The summed E-state index contributed by atoms with van der Waals surface area (Å²) in [7, 11) is 0. The van der Waals surface area contributed by atoms with Crippen molar-refractivity contribution in [2.45, 2.75) is 39.2 Å². The molecule has 1 aromatic heterocycles. The SMILES string of the molecule is CC1CCC(Cn2cnc3c(C(=O)O)cccc32)CC1. The largest absolute Gasteiger partial charge is 0.478 e. The molecule has 1 N–H and O–H groups in total.